The van der Waals surface area contributed by atoms with Crippen LogP contribution in [-0.2, 0) is 9.59 Å². The van der Waals surface area contributed by atoms with E-state index in [1.165, 1.54) is 0 Å². The molecule has 5 nitrogen and oxygen atoms in total. The van der Waals surface area contributed by atoms with Crippen LogP contribution in [0.4, 0.5) is 5.69 Å². The summed E-state index contributed by atoms with van der Waals surface area (Å²) in [6, 6.07) is 13.4. The molecule has 23 heavy (non-hydrogen) atoms. The van der Waals surface area contributed by atoms with Gasteiger partial charge in [-0.2, -0.15) is 0 Å². The van der Waals surface area contributed by atoms with Crippen molar-refractivity contribution in [3.05, 3.63) is 42.5 Å². The molecule has 1 aliphatic heterocycles. The van der Waals surface area contributed by atoms with Crippen molar-refractivity contribution in [2.75, 3.05) is 23.5 Å². The minimum absolute atomic E-state index is 0. The zero-order chi connectivity index (χ0) is 15.4. The second-order valence-electron chi connectivity index (χ2n) is 5.06. The summed E-state index contributed by atoms with van der Waals surface area (Å²) >= 11 is 1.68. The van der Waals surface area contributed by atoms with Crippen molar-refractivity contribution < 1.29 is 9.59 Å². The second-order valence-corrected chi connectivity index (χ2v) is 6.09. The first-order valence-corrected chi connectivity index (χ1v) is 8.26. The highest BCUT2D eigenvalue weighted by Gasteiger charge is 2.22. The molecule has 0 aromatic heterocycles. The Kier molecular flexibility index (Phi) is 6.27. The molecule has 0 aliphatic carbocycles. The van der Waals surface area contributed by atoms with E-state index in [0.29, 0.717) is 0 Å². The summed E-state index contributed by atoms with van der Waals surface area (Å²) < 4.78 is 0. The highest BCUT2D eigenvalue weighted by atomic mass is 35.5. The lowest BCUT2D eigenvalue weighted by Gasteiger charge is -2.12. The van der Waals surface area contributed by atoms with Gasteiger partial charge in [0.2, 0.25) is 11.8 Å². The SMILES string of the molecule is Cl.O=C(CNC(=O)C1CSCN1)Nc1cccc2ccccc12. The van der Waals surface area contributed by atoms with E-state index in [0.717, 1.165) is 28.1 Å². The highest BCUT2D eigenvalue weighted by molar-refractivity contribution is 7.99. The molecule has 1 heterocycles. The van der Waals surface area contributed by atoms with Crippen LogP contribution in [0.5, 0.6) is 0 Å². The van der Waals surface area contributed by atoms with Gasteiger partial charge in [-0.15, -0.1) is 24.2 Å². The lowest BCUT2D eigenvalue weighted by molar-refractivity contribution is -0.125. The molecule has 2 amide bonds. The van der Waals surface area contributed by atoms with Crippen molar-refractivity contribution in [2.45, 2.75) is 6.04 Å². The molecule has 2 aromatic carbocycles. The summed E-state index contributed by atoms with van der Waals surface area (Å²) in [4.78, 5) is 23.9. The maximum Gasteiger partial charge on any atom is 0.243 e. The number of halogens is 1. The molecule has 0 spiro atoms. The van der Waals surface area contributed by atoms with Crippen LogP contribution in [-0.4, -0.2) is 36.0 Å². The summed E-state index contributed by atoms with van der Waals surface area (Å²) in [5, 5.41) is 10.6. The van der Waals surface area contributed by atoms with Gasteiger partial charge in [-0.3, -0.25) is 14.9 Å². The van der Waals surface area contributed by atoms with Gasteiger partial charge in [-0.25, -0.2) is 0 Å². The van der Waals surface area contributed by atoms with E-state index in [-0.39, 0.29) is 36.8 Å². The van der Waals surface area contributed by atoms with Crippen molar-refractivity contribution in [3.63, 3.8) is 0 Å². The first-order chi connectivity index (χ1) is 10.7. The molecule has 3 rings (SSSR count). The molecule has 3 N–H and O–H groups in total. The van der Waals surface area contributed by atoms with Gasteiger partial charge in [-0.05, 0) is 11.5 Å². The van der Waals surface area contributed by atoms with E-state index >= 15 is 0 Å². The minimum Gasteiger partial charge on any atom is -0.346 e. The minimum atomic E-state index is -0.227. The van der Waals surface area contributed by atoms with Crippen molar-refractivity contribution in [1.29, 1.82) is 0 Å². The maximum atomic E-state index is 12.0. The molecule has 7 heteroatoms. The molecule has 0 bridgehead atoms. The fraction of sp³-hybridized carbons (Fsp3) is 0.250. The third-order valence-electron chi connectivity index (χ3n) is 3.52. The lowest BCUT2D eigenvalue weighted by Crippen LogP contribution is -2.44. The van der Waals surface area contributed by atoms with Crippen molar-refractivity contribution in [3.8, 4) is 0 Å². The Bertz CT molecular complexity index is 699. The summed E-state index contributed by atoms with van der Waals surface area (Å²) in [6.45, 7) is -0.0229. The van der Waals surface area contributed by atoms with Gasteiger partial charge in [0.05, 0.1) is 12.6 Å². The molecule has 1 atom stereocenters. The third kappa shape index (κ3) is 4.37. The standard InChI is InChI=1S/C16H17N3O2S.ClH/c20-15(8-17-16(21)14-9-22-10-18-14)19-13-7-3-5-11-4-1-2-6-12(11)13;/h1-7,14,18H,8-10H2,(H,17,21)(H,19,20);1H. The smallest absolute Gasteiger partial charge is 0.243 e. The maximum absolute atomic E-state index is 12.0. The van der Waals surface area contributed by atoms with E-state index < -0.39 is 0 Å². The van der Waals surface area contributed by atoms with Crippen LogP contribution < -0.4 is 16.0 Å². The first kappa shape index (κ1) is 17.6. The van der Waals surface area contributed by atoms with Gasteiger partial charge in [0, 0.05) is 22.7 Å². The fourth-order valence-corrected chi connectivity index (χ4v) is 3.32. The van der Waals surface area contributed by atoms with Gasteiger partial charge < -0.3 is 10.6 Å². The monoisotopic (exact) mass is 351 g/mol. The molecule has 1 unspecified atom stereocenters. The molecule has 2 aromatic rings. The zero-order valence-electron chi connectivity index (χ0n) is 12.4. The van der Waals surface area contributed by atoms with Crippen LogP contribution >= 0.6 is 24.2 Å². The van der Waals surface area contributed by atoms with Gasteiger partial charge in [0.15, 0.2) is 0 Å². The van der Waals surface area contributed by atoms with Crippen LogP contribution in [0.1, 0.15) is 0 Å². The van der Waals surface area contributed by atoms with Crippen LogP contribution in [0.25, 0.3) is 10.8 Å². The predicted molar refractivity (Wildman–Crippen MR) is 97.1 cm³/mol. The average Bonchev–Trinajstić information content (AvgIpc) is 3.07. The Labute approximate surface area is 145 Å². The first-order valence-electron chi connectivity index (χ1n) is 7.10. The predicted octanol–water partition coefficient (Wildman–Crippen LogP) is 1.98. The van der Waals surface area contributed by atoms with Gasteiger partial charge in [0.1, 0.15) is 0 Å². The number of nitrogens with one attached hydrogen (secondary N) is 3. The van der Waals surface area contributed by atoms with Crippen LogP contribution in [0.3, 0.4) is 0 Å². The number of carbonyl (C=O) groups is 2. The Morgan fingerprint density at radius 3 is 2.74 bits per heavy atom. The number of rotatable bonds is 4. The zero-order valence-corrected chi connectivity index (χ0v) is 14.0. The quantitative estimate of drug-likeness (QED) is 0.787. The molecule has 1 saturated heterocycles. The lowest BCUT2D eigenvalue weighted by atomic mass is 10.1. The van der Waals surface area contributed by atoms with E-state index in [1.807, 2.05) is 42.5 Å². The van der Waals surface area contributed by atoms with E-state index in [9.17, 15) is 9.59 Å². The number of amides is 2. The van der Waals surface area contributed by atoms with Crippen LogP contribution in [0.15, 0.2) is 42.5 Å². The van der Waals surface area contributed by atoms with Crippen molar-refractivity contribution >= 4 is 52.4 Å². The molecule has 1 fully saturated rings. The van der Waals surface area contributed by atoms with Crippen LogP contribution in [0, 0.1) is 0 Å². The van der Waals surface area contributed by atoms with E-state index in [4.69, 9.17) is 0 Å². The molecular weight excluding hydrogens is 334 g/mol. The number of hydrogen-bond donors (Lipinski definition) is 3. The van der Waals surface area contributed by atoms with Gasteiger partial charge in [0.25, 0.3) is 0 Å². The Morgan fingerprint density at radius 1 is 1.17 bits per heavy atom. The Morgan fingerprint density at radius 2 is 1.96 bits per heavy atom. The molecule has 0 saturated carbocycles. The Balaban J connectivity index is 0.00000192. The number of fused-ring (bicyclic) bond motifs is 1. The third-order valence-corrected chi connectivity index (χ3v) is 4.46. The molecule has 0 radical (unpaired) electrons. The number of benzene rings is 2. The van der Waals surface area contributed by atoms with E-state index in [1.54, 1.807) is 11.8 Å². The topological polar surface area (TPSA) is 70.2 Å². The molecule has 122 valence electrons. The van der Waals surface area contributed by atoms with Crippen molar-refractivity contribution in [2.24, 2.45) is 0 Å². The molecular formula is C16H18ClN3O2S. The molecule has 1 aliphatic rings. The van der Waals surface area contributed by atoms with Gasteiger partial charge >= 0.3 is 0 Å². The number of anilines is 1. The largest absolute Gasteiger partial charge is 0.346 e. The second kappa shape index (κ2) is 8.19. The highest BCUT2D eigenvalue weighted by Crippen LogP contribution is 2.22. The Hall–Kier alpha value is -1.76. The average molecular weight is 352 g/mol. The summed E-state index contributed by atoms with van der Waals surface area (Å²) in [7, 11) is 0. The summed E-state index contributed by atoms with van der Waals surface area (Å²) in [5.74, 6) is 1.17. The van der Waals surface area contributed by atoms with Gasteiger partial charge in [-0.1, -0.05) is 36.4 Å². The summed E-state index contributed by atoms with van der Waals surface area (Å²) in [6.07, 6.45) is 0. The normalized spacial score (nSPS) is 16.6. The fourth-order valence-electron chi connectivity index (χ4n) is 2.38. The number of carbonyl (C=O) groups excluding carboxylic acids is 2. The number of hydrogen-bond acceptors (Lipinski definition) is 4. The van der Waals surface area contributed by atoms with E-state index in [2.05, 4.69) is 16.0 Å². The van der Waals surface area contributed by atoms with Crippen LogP contribution in [0.2, 0.25) is 0 Å². The summed E-state index contributed by atoms with van der Waals surface area (Å²) in [5.41, 5.74) is 0.756. The number of thioether (sulfide) groups is 1. The van der Waals surface area contributed by atoms with Crippen molar-refractivity contribution in [1.82, 2.24) is 10.6 Å².